The molecule has 2 aromatic carbocycles. The minimum atomic E-state index is -0.287. The van der Waals surface area contributed by atoms with Crippen LogP contribution in [0.5, 0.6) is 0 Å². The third kappa shape index (κ3) is 5.57. The van der Waals surface area contributed by atoms with E-state index in [0.717, 1.165) is 22.1 Å². The molecule has 0 aromatic heterocycles. The molecule has 0 aliphatic carbocycles. The van der Waals surface area contributed by atoms with Crippen LogP contribution in [0.3, 0.4) is 0 Å². The molecular formula is C16H18BrFIN3. The Morgan fingerprint density at radius 1 is 1.23 bits per heavy atom. The van der Waals surface area contributed by atoms with E-state index >= 15 is 0 Å². The number of anilines is 1. The van der Waals surface area contributed by atoms with Gasteiger partial charge in [-0.15, -0.1) is 24.0 Å². The number of benzene rings is 2. The van der Waals surface area contributed by atoms with Crippen molar-refractivity contribution in [3.8, 4) is 0 Å². The first-order valence-electron chi connectivity index (χ1n) is 6.68. The first-order valence-corrected chi connectivity index (χ1v) is 7.47. The fraction of sp³-hybridized carbons (Fsp3) is 0.188. The predicted molar refractivity (Wildman–Crippen MR) is 104 cm³/mol. The molecule has 3 N–H and O–H groups in total. The zero-order chi connectivity index (χ0) is 15.2. The molecule has 3 nitrogen and oxygen atoms in total. The Morgan fingerprint density at radius 2 is 1.91 bits per heavy atom. The van der Waals surface area contributed by atoms with E-state index in [0.29, 0.717) is 12.5 Å². The van der Waals surface area contributed by atoms with Crippen LogP contribution in [0.4, 0.5) is 10.1 Å². The molecule has 0 saturated carbocycles. The summed E-state index contributed by atoms with van der Waals surface area (Å²) >= 11 is 3.37. The van der Waals surface area contributed by atoms with Gasteiger partial charge in [-0.2, -0.15) is 0 Å². The second-order valence-corrected chi connectivity index (χ2v) is 5.47. The number of hydrogen-bond acceptors (Lipinski definition) is 1. The molecule has 6 heteroatoms. The summed E-state index contributed by atoms with van der Waals surface area (Å²) in [6.45, 7) is 2.42. The molecule has 0 aliphatic rings. The second-order valence-electron chi connectivity index (χ2n) is 4.61. The number of aryl methyl sites for hydroxylation is 1. The molecule has 0 aliphatic heterocycles. The Hall–Kier alpha value is -1.15. The molecule has 0 atom stereocenters. The first kappa shape index (κ1) is 18.9. The summed E-state index contributed by atoms with van der Waals surface area (Å²) in [6, 6.07) is 12.5. The van der Waals surface area contributed by atoms with E-state index in [-0.39, 0.29) is 29.8 Å². The number of nitrogens with two attached hydrogens (primary N) is 1. The van der Waals surface area contributed by atoms with Gasteiger partial charge >= 0.3 is 0 Å². The largest absolute Gasteiger partial charge is 0.370 e. The Balaban J connectivity index is 0.00000242. The quantitative estimate of drug-likeness (QED) is 0.381. The van der Waals surface area contributed by atoms with Gasteiger partial charge in [0.25, 0.3) is 0 Å². The van der Waals surface area contributed by atoms with Crippen LogP contribution in [0.1, 0.15) is 18.1 Å². The molecular weight excluding hydrogens is 460 g/mol. The highest BCUT2D eigenvalue weighted by Crippen LogP contribution is 2.18. The van der Waals surface area contributed by atoms with Gasteiger partial charge in [0.2, 0.25) is 0 Å². The summed E-state index contributed by atoms with van der Waals surface area (Å²) in [5, 5.41) is 3.02. The summed E-state index contributed by atoms with van der Waals surface area (Å²) in [5.41, 5.74) is 8.74. The normalized spacial score (nSPS) is 11.0. The molecule has 22 heavy (non-hydrogen) atoms. The molecule has 0 unspecified atom stereocenters. The van der Waals surface area contributed by atoms with Crippen molar-refractivity contribution >= 4 is 51.6 Å². The molecule has 0 saturated heterocycles. The fourth-order valence-corrected chi connectivity index (χ4v) is 2.22. The van der Waals surface area contributed by atoms with Crippen LogP contribution >= 0.6 is 39.9 Å². The SMILES string of the molecule is CCc1ccc(NC(N)=NCc2cc(F)ccc2Br)cc1.I. The zero-order valence-electron chi connectivity index (χ0n) is 12.1. The van der Waals surface area contributed by atoms with Gasteiger partial charge in [0, 0.05) is 10.2 Å². The van der Waals surface area contributed by atoms with Crippen molar-refractivity contribution in [2.45, 2.75) is 19.9 Å². The number of nitrogens with one attached hydrogen (secondary N) is 1. The highest BCUT2D eigenvalue weighted by molar-refractivity contribution is 14.0. The van der Waals surface area contributed by atoms with Gasteiger partial charge in [0.1, 0.15) is 5.82 Å². The van der Waals surface area contributed by atoms with Gasteiger partial charge in [0.15, 0.2) is 5.96 Å². The van der Waals surface area contributed by atoms with Crippen molar-refractivity contribution in [3.05, 3.63) is 63.9 Å². The molecule has 0 heterocycles. The Labute approximate surface area is 155 Å². The van der Waals surface area contributed by atoms with E-state index in [1.165, 1.54) is 17.7 Å². The maximum absolute atomic E-state index is 13.2. The van der Waals surface area contributed by atoms with E-state index in [4.69, 9.17) is 5.73 Å². The standard InChI is InChI=1S/C16H17BrFN3.HI/c1-2-11-3-6-14(7-4-11)21-16(19)20-10-12-9-13(18)5-8-15(12)17;/h3-9H,2,10H2,1H3,(H3,19,20,21);1H. The minimum Gasteiger partial charge on any atom is -0.370 e. The molecule has 0 amide bonds. The van der Waals surface area contributed by atoms with E-state index in [1.54, 1.807) is 6.07 Å². The van der Waals surface area contributed by atoms with Crippen LogP contribution in [-0.4, -0.2) is 5.96 Å². The van der Waals surface area contributed by atoms with Crippen LogP contribution in [0.2, 0.25) is 0 Å². The van der Waals surface area contributed by atoms with E-state index in [9.17, 15) is 4.39 Å². The summed E-state index contributed by atoms with van der Waals surface area (Å²) in [6.07, 6.45) is 0.997. The molecule has 0 radical (unpaired) electrons. The van der Waals surface area contributed by atoms with Gasteiger partial charge in [-0.25, -0.2) is 9.38 Å². The minimum absolute atomic E-state index is 0. The number of hydrogen-bond donors (Lipinski definition) is 2. The summed E-state index contributed by atoms with van der Waals surface area (Å²) in [7, 11) is 0. The summed E-state index contributed by atoms with van der Waals surface area (Å²) < 4.78 is 14.0. The van der Waals surface area contributed by atoms with Crippen LogP contribution in [0.25, 0.3) is 0 Å². The van der Waals surface area contributed by atoms with Crippen molar-refractivity contribution in [3.63, 3.8) is 0 Å². The van der Waals surface area contributed by atoms with Crippen molar-refractivity contribution in [1.82, 2.24) is 0 Å². The zero-order valence-corrected chi connectivity index (χ0v) is 16.1. The van der Waals surface area contributed by atoms with E-state index in [1.807, 2.05) is 24.3 Å². The van der Waals surface area contributed by atoms with Gasteiger partial charge in [-0.1, -0.05) is 35.0 Å². The Bertz CT molecular complexity index is 644. The lowest BCUT2D eigenvalue weighted by molar-refractivity contribution is 0.625. The monoisotopic (exact) mass is 477 g/mol. The number of halogens is 3. The summed E-state index contributed by atoms with van der Waals surface area (Å²) in [5.74, 6) is 0.0143. The average molecular weight is 478 g/mol. The third-order valence-corrected chi connectivity index (χ3v) is 3.84. The lowest BCUT2D eigenvalue weighted by Gasteiger charge is -2.07. The maximum Gasteiger partial charge on any atom is 0.193 e. The molecule has 118 valence electrons. The lowest BCUT2D eigenvalue weighted by Crippen LogP contribution is -2.22. The van der Waals surface area contributed by atoms with E-state index in [2.05, 4.69) is 33.2 Å². The fourth-order valence-electron chi connectivity index (χ4n) is 1.85. The van der Waals surface area contributed by atoms with Crippen molar-refractivity contribution in [2.24, 2.45) is 10.7 Å². The van der Waals surface area contributed by atoms with Crippen LogP contribution in [0, 0.1) is 5.82 Å². The van der Waals surface area contributed by atoms with Crippen molar-refractivity contribution < 1.29 is 4.39 Å². The number of rotatable bonds is 4. The molecule has 2 rings (SSSR count). The number of nitrogens with zero attached hydrogens (tertiary/aromatic N) is 1. The Morgan fingerprint density at radius 3 is 2.55 bits per heavy atom. The number of aliphatic imine (C=N–C) groups is 1. The topological polar surface area (TPSA) is 50.4 Å². The van der Waals surface area contributed by atoms with Crippen LogP contribution in [0.15, 0.2) is 51.9 Å². The predicted octanol–water partition coefficient (Wildman–Crippen LogP) is 4.70. The van der Waals surface area contributed by atoms with Gasteiger partial charge in [0.05, 0.1) is 6.54 Å². The summed E-state index contributed by atoms with van der Waals surface area (Å²) in [4.78, 5) is 4.22. The van der Waals surface area contributed by atoms with Gasteiger partial charge in [-0.3, -0.25) is 0 Å². The van der Waals surface area contributed by atoms with Crippen molar-refractivity contribution in [2.75, 3.05) is 5.32 Å². The molecule has 0 fully saturated rings. The average Bonchev–Trinajstić information content (AvgIpc) is 2.49. The highest BCUT2D eigenvalue weighted by Gasteiger charge is 2.02. The highest BCUT2D eigenvalue weighted by atomic mass is 127. The lowest BCUT2D eigenvalue weighted by atomic mass is 10.1. The van der Waals surface area contributed by atoms with Gasteiger partial charge in [-0.05, 0) is 47.9 Å². The smallest absolute Gasteiger partial charge is 0.193 e. The van der Waals surface area contributed by atoms with Crippen LogP contribution in [-0.2, 0) is 13.0 Å². The molecule has 0 spiro atoms. The van der Waals surface area contributed by atoms with Crippen molar-refractivity contribution in [1.29, 1.82) is 0 Å². The first-order chi connectivity index (χ1) is 10.1. The van der Waals surface area contributed by atoms with Crippen LogP contribution < -0.4 is 11.1 Å². The second kappa shape index (κ2) is 9.09. The maximum atomic E-state index is 13.2. The van der Waals surface area contributed by atoms with Gasteiger partial charge < -0.3 is 11.1 Å². The Kier molecular flexibility index (Phi) is 7.81. The molecule has 2 aromatic rings. The molecule has 0 bridgehead atoms. The number of guanidine groups is 1. The third-order valence-electron chi connectivity index (χ3n) is 3.06. The van der Waals surface area contributed by atoms with E-state index < -0.39 is 0 Å².